The molecule has 0 aliphatic carbocycles. The van der Waals surface area contributed by atoms with Crippen LogP contribution < -0.4 is 11.3 Å². The second kappa shape index (κ2) is 4.90. The largest absolute Gasteiger partial charge is 0.464 e. The number of hydrogen-bond acceptors (Lipinski definition) is 6. The minimum atomic E-state index is -0.586. The van der Waals surface area contributed by atoms with E-state index in [0.29, 0.717) is 17.1 Å². The van der Waals surface area contributed by atoms with Crippen LogP contribution in [-0.4, -0.2) is 20.4 Å². The van der Waals surface area contributed by atoms with E-state index in [1.165, 1.54) is 23.2 Å². The molecule has 0 bridgehead atoms. The average Bonchev–Trinajstić information content (AvgIpc) is 2.96. The summed E-state index contributed by atoms with van der Waals surface area (Å²) in [6.45, 7) is 1.87. The quantitative estimate of drug-likeness (QED) is 0.355. The SMILES string of the molecule is Cc1oc(Cn2cnc([N+](=O)[O-])c2)cc1C(=O)NN. The van der Waals surface area contributed by atoms with Crippen LogP contribution in [0.1, 0.15) is 21.9 Å². The zero-order chi connectivity index (χ0) is 14.0. The molecule has 9 heteroatoms. The second-order valence-corrected chi connectivity index (χ2v) is 3.82. The van der Waals surface area contributed by atoms with Crippen molar-refractivity contribution in [2.75, 3.05) is 0 Å². The monoisotopic (exact) mass is 265 g/mol. The summed E-state index contributed by atoms with van der Waals surface area (Å²) in [5.41, 5.74) is 2.34. The number of hydrogen-bond donors (Lipinski definition) is 2. The van der Waals surface area contributed by atoms with Crippen molar-refractivity contribution in [1.82, 2.24) is 15.0 Å². The Kier molecular flexibility index (Phi) is 3.29. The van der Waals surface area contributed by atoms with Gasteiger partial charge in [-0.2, -0.15) is 0 Å². The van der Waals surface area contributed by atoms with Crippen molar-refractivity contribution < 1.29 is 14.1 Å². The van der Waals surface area contributed by atoms with Gasteiger partial charge in [-0.15, -0.1) is 0 Å². The van der Waals surface area contributed by atoms with Gasteiger partial charge in [0.05, 0.1) is 12.1 Å². The molecule has 2 aromatic rings. The van der Waals surface area contributed by atoms with Crippen LogP contribution in [0.2, 0.25) is 0 Å². The standard InChI is InChI=1S/C10H11N5O4/c1-6-8(10(16)13-11)2-7(19-6)3-14-4-9(12-5-14)15(17)18/h2,4-5H,3,11H2,1H3,(H,13,16). The molecule has 2 rings (SSSR count). The number of amides is 1. The van der Waals surface area contributed by atoms with E-state index in [4.69, 9.17) is 10.3 Å². The maximum absolute atomic E-state index is 11.4. The molecular weight excluding hydrogens is 254 g/mol. The van der Waals surface area contributed by atoms with Gasteiger partial charge in [0.1, 0.15) is 17.7 Å². The Morgan fingerprint density at radius 3 is 3.00 bits per heavy atom. The summed E-state index contributed by atoms with van der Waals surface area (Å²) >= 11 is 0. The van der Waals surface area contributed by atoms with Gasteiger partial charge in [-0.1, -0.05) is 0 Å². The van der Waals surface area contributed by atoms with Crippen LogP contribution in [0, 0.1) is 17.0 Å². The van der Waals surface area contributed by atoms with Crippen LogP contribution in [0.25, 0.3) is 0 Å². The van der Waals surface area contributed by atoms with E-state index < -0.39 is 10.8 Å². The molecule has 1 amide bonds. The Morgan fingerprint density at radius 2 is 2.42 bits per heavy atom. The lowest BCUT2D eigenvalue weighted by Crippen LogP contribution is -2.30. The molecule has 0 aliphatic heterocycles. The normalized spacial score (nSPS) is 10.4. The highest BCUT2D eigenvalue weighted by Gasteiger charge is 2.16. The molecule has 9 nitrogen and oxygen atoms in total. The number of rotatable bonds is 4. The number of aryl methyl sites for hydroxylation is 1. The van der Waals surface area contributed by atoms with E-state index in [-0.39, 0.29) is 12.4 Å². The van der Waals surface area contributed by atoms with Gasteiger partial charge in [-0.05, 0) is 22.9 Å². The number of furan rings is 1. The summed E-state index contributed by atoms with van der Waals surface area (Å²) in [5.74, 6) is 5.24. The highest BCUT2D eigenvalue weighted by molar-refractivity contribution is 5.94. The number of nitro groups is 1. The third kappa shape index (κ3) is 2.60. The first kappa shape index (κ1) is 12.8. The molecule has 0 aromatic carbocycles. The van der Waals surface area contributed by atoms with E-state index in [2.05, 4.69) is 4.98 Å². The highest BCUT2D eigenvalue weighted by atomic mass is 16.6. The second-order valence-electron chi connectivity index (χ2n) is 3.82. The molecule has 0 saturated carbocycles. The van der Waals surface area contributed by atoms with Gasteiger partial charge in [0.2, 0.25) is 6.33 Å². The zero-order valence-corrected chi connectivity index (χ0v) is 9.99. The number of carbonyl (C=O) groups is 1. The van der Waals surface area contributed by atoms with Gasteiger partial charge in [-0.25, -0.2) is 5.84 Å². The number of nitrogens with one attached hydrogen (secondary N) is 1. The van der Waals surface area contributed by atoms with Gasteiger partial charge in [0.15, 0.2) is 0 Å². The Hall–Kier alpha value is -2.68. The first-order valence-corrected chi connectivity index (χ1v) is 5.27. The molecule has 0 aliphatic rings. The molecule has 0 radical (unpaired) electrons. The fourth-order valence-corrected chi connectivity index (χ4v) is 1.63. The summed E-state index contributed by atoms with van der Waals surface area (Å²) in [7, 11) is 0. The van der Waals surface area contributed by atoms with E-state index in [1.807, 2.05) is 5.43 Å². The molecule has 2 heterocycles. The Morgan fingerprint density at radius 1 is 1.68 bits per heavy atom. The number of imidazole rings is 1. The Balaban J connectivity index is 2.19. The molecule has 100 valence electrons. The lowest BCUT2D eigenvalue weighted by Gasteiger charge is -1.94. The summed E-state index contributed by atoms with van der Waals surface area (Å²) in [5, 5.41) is 10.5. The number of aromatic nitrogens is 2. The van der Waals surface area contributed by atoms with Gasteiger partial charge in [0, 0.05) is 0 Å². The number of carbonyl (C=O) groups excluding carboxylic acids is 1. The average molecular weight is 265 g/mol. The van der Waals surface area contributed by atoms with Crippen LogP contribution in [-0.2, 0) is 6.54 Å². The fraction of sp³-hybridized carbons (Fsp3) is 0.200. The van der Waals surface area contributed by atoms with Crippen molar-refractivity contribution >= 4 is 11.7 Å². The highest BCUT2D eigenvalue weighted by Crippen LogP contribution is 2.16. The molecule has 0 spiro atoms. The first-order chi connectivity index (χ1) is 9.01. The molecule has 3 N–H and O–H groups in total. The van der Waals surface area contributed by atoms with Crippen LogP contribution in [0.5, 0.6) is 0 Å². The number of nitrogens with zero attached hydrogens (tertiary/aromatic N) is 3. The topological polar surface area (TPSA) is 129 Å². The van der Waals surface area contributed by atoms with Gasteiger partial charge < -0.3 is 19.1 Å². The molecule has 0 atom stereocenters. The van der Waals surface area contributed by atoms with Gasteiger partial charge in [-0.3, -0.25) is 10.2 Å². The smallest absolute Gasteiger partial charge is 0.381 e. The lowest BCUT2D eigenvalue weighted by molar-refractivity contribution is -0.389. The predicted molar refractivity (Wildman–Crippen MR) is 63.1 cm³/mol. The minimum Gasteiger partial charge on any atom is -0.464 e. The van der Waals surface area contributed by atoms with E-state index in [1.54, 1.807) is 6.92 Å². The summed E-state index contributed by atoms with van der Waals surface area (Å²) in [6.07, 6.45) is 2.60. The molecular formula is C10H11N5O4. The molecule has 0 unspecified atom stereocenters. The van der Waals surface area contributed by atoms with Crippen LogP contribution >= 0.6 is 0 Å². The Bertz CT molecular complexity index is 630. The van der Waals surface area contributed by atoms with Crippen LogP contribution in [0.3, 0.4) is 0 Å². The summed E-state index contributed by atoms with van der Waals surface area (Å²) in [6, 6.07) is 1.53. The zero-order valence-electron chi connectivity index (χ0n) is 9.99. The van der Waals surface area contributed by atoms with Crippen molar-refractivity contribution in [3.05, 3.63) is 45.8 Å². The number of hydrazine groups is 1. The van der Waals surface area contributed by atoms with Gasteiger partial charge in [0.25, 0.3) is 5.91 Å². The van der Waals surface area contributed by atoms with E-state index in [9.17, 15) is 14.9 Å². The number of nitrogen functional groups attached to an aromatic ring is 1. The van der Waals surface area contributed by atoms with Crippen molar-refractivity contribution in [3.8, 4) is 0 Å². The van der Waals surface area contributed by atoms with Crippen molar-refractivity contribution in [2.45, 2.75) is 13.5 Å². The summed E-state index contributed by atoms with van der Waals surface area (Å²) < 4.78 is 6.86. The van der Waals surface area contributed by atoms with E-state index >= 15 is 0 Å². The van der Waals surface area contributed by atoms with Crippen molar-refractivity contribution in [2.24, 2.45) is 5.84 Å². The third-order valence-electron chi connectivity index (χ3n) is 2.49. The molecule has 19 heavy (non-hydrogen) atoms. The molecule has 2 aromatic heterocycles. The third-order valence-corrected chi connectivity index (χ3v) is 2.49. The first-order valence-electron chi connectivity index (χ1n) is 5.27. The molecule has 0 fully saturated rings. The van der Waals surface area contributed by atoms with Crippen LogP contribution in [0.15, 0.2) is 23.0 Å². The van der Waals surface area contributed by atoms with Gasteiger partial charge >= 0.3 is 5.82 Å². The predicted octanol–water partition coefficient (Wildman–Crippen LogP) is 0.345. The lowest BCUT2D eigenvalue weighted by atomic mass is 10.2. The fourth-order valence-electron chi connectivity index (χ4n) is 1.63. The minimum absolute atomic E-state index is 0.236. The van der Waals surface area contributed by atoms with E-state index in [0.717, 1.165) is 0 Å². The van der Waals surface area contributed by atoms with Crippen LogP contribution in [0.4, 0.5) is 5.82 Å². The maximum atomic E-state index is 11.4. The van der Waals surface area contributed by atoms with Crippen molar-refractivity contribution in [1.29, 1.82) is 0 Å². The molecule has 0 saturated heterocycles. The Labute approximate surface area is 107 Å². The summed E-state index contributed by atoms with van der Waals surface area (Å²) in [4.78, 5) is 24.9. The maximum Gasteiger partial charge on any atom is 0.381 e. The number of nitrogens with two attached hydrogens (primary N) is 1. The van der Waals surface area contributed by atoms with Crippen molar-refractivity contribution in [3.63, 3.8) is 0 Å².